The molecule has 1 aliphatic rings. The molecule has 1 aromatic carbocycles. The van der Waals surface area contributed by atoms with Crippen molar-refractivity contribution in [2.24, 2.45) is 17.3 Å². The summed E-state index contributed by atoms with van der Waals surface area (Å²) in [7, 11) is 1.35. The third-order valence-corrected chi connectivity index (χ3v) is 4.38. The summed E-state index contributed by atoms with van der Waals surface area (Å²) in [6, 6.07) is 9.35. The Morgan fingerprint density at radius 2 is 1.91 bits per heavy atom. The Labute approximate surface area is 135 Å². The van der Waals surface area contributed by atoms with Crippen molar-refractivity contribution in [3.63, 3.8) is 0 Å². The maximum Gasteiger partial charge on any atom is 0.349 e. The minimum Gasteiger partial charge on any atom is -0.469 e. The number of carbonyl (C=O) groups excluding carboxylic acids is 2. The highest BCUT2D eigenvalue weighted by Gasteiger charge is 2.61. The van der Waals surface area contributed by atoms with Gasteiger partial charge in [-0.1, -0.05) is 61.9 Å². The second kappa shape index (κ2) is 6.53. The van der Waals surface area contributed by atoms with Crippen molar-refractivity contribution in [3.05, 3.63) is 47.0 Å². The molecule has 0 aliphatic heterocycles. The molecule has 1 fully saturated rings. The Morgan fingerprint density at radius 1 is 1.27 bits per heavy atom. The number of esters is 2. The van der Waals surface area contributed by atoms with Gasteiger partial charge >= 0.3 is 11.9 Å². The zero-order valence-electron chi connectivity index (χ0n) is 12.8. The highest BCUT2D eigenvalue weighted by Crippen LogP contribution is 2.59. The molecule has 5 heteroatoms. The zero-order chi connectivity index (χ0) is 16.3. The van der Waals surface area contributed by atoms with Crippen molar-refractivity contribution in [1.82, 2.24) is 0 Å². The summed E-state index contributed by atoms with van der Waals surface area (Å²) in [5, 5.41) is 0.000379. The topological polar surface area (TPSA) is 52.6 Å². The van der Waals surface area contributed by atoms with Gasteiger partial charge in [-0.25, -0.2) is 4.79 Å². The third-order valence-electron chi connectivity index (χ3n) is 4.10. The molecular formula is C17H19ClO4. The summed E-state index contributed by atoms with van der Waals surface area (Å²) in [6.45, 7) is 4.04. The SMILES string of the molecule is COC(=O)[C@@H]1[C@@H](/C=C(\Cl)C(=O)OCc2ccccc2)C1(C)C. The number of rotatable bonds is 5. The molecule has 1 saturated carbocycles. The number of ether oxygens (including phenoxy) is 2. The Hall–Kier alpha value is -1.81. The van der Waals surface area contributed by atoms with Gasteiger partial charge in [-0.3, -0.25) is 4.79 Å². The van der Waals surface area contributed by atoms with Crippen LogP contribution in [0.1, 0.15) is 19.4 Å². The van der Waals surface area contributed by atoms with Crippen LogP contribution in [0, 0.1) is 17.3 Å². The fraction of sp³-hybridized carbons (Fsp3) is 0.412. The summed E-state index contributed by atoms with van der Waals surface area (Å²) >= 11 is 6.01. The van der Waals surface area contributed by atoms with E-state index in [9.17, 15) is 9.59 Å². The molecule has 0 bridgehead atoms. The van der Waals surface area contributed by atoms with E-state index in [1.165, 1.54) is 7.11 Å². The van der Waals surface area contributed by atoms with Gasteiger partial charge < -0.3 is 9.47 Å². The Kier molecular flexibility index (Phi) is 4.91. The van der Waals surface area contributed by atoms with Gasteiger partial charge in [0.25, 0.3) is 0 Å². The van der Waals surface area contributed by atoms with Crippen LogP contribution in [0.3, 0.4) is 0 Å². The van der Waals surface area contributed by atoms with E-state index in [0.717, 1.165) is 5.56 Å². The number of methoxy groups -OCH3 is 1. The van der Waals surface area contributed by atoms with Crippen molar-refractivity contribution in [3.8, 4) is 0 Å². The summed E-state index contributed by atoms with van der Waals surface area (Å²) < 4.78 is 9.91. The molecule has 0 spiro atoms. The summed E-state index contributed by atoms with van der Waals surface area (Å²) in [5.41, 5.74) is 0.631. The first-order valence-electron chi connectivity index (χ1n) is 7.04. The lowest BCUT2D eigenvalue weighted by atomic mass is 10.1. The second-order valence-corrected chi connectivity index (χ2v) is 6.33. The highest BCUT2D eigenvalue weighted by atomic mass is 35.5. The van der Waals surface area contributed by atoms with Gasteiger partial charge in [0.1, 0.15) is 11.6 Å². The van der Waals surface area contributed by atoms with Gasteiger partial charge in [0, 0.05) is 0 Å². The van der Waals surface area contributed by atoms with E-state index in [1.54, 1.807) is 6.08 Å². The molecule has 0 aromatic heterocycles. The molecule has 0 unspecified atom stereocenters. The van der Waals surface area contributed by atoms with Gasteiger partial charge in [-0.05, 0) is 16.9 Å². The van der Waals surface area contributed by atoms with E-state index in [4.69, 9.17) is 21.1 Å². The van der Waals surface area contributed by atoms with E-state index < -0.39 is 5.97 Å². The maximum atomic E-state index is 11.9. The largest absolute Gasteiger partial charge is 0.469 e. The summed E-state index contributed by atoms with van der Waals surface area (Å²) in [5.74, 6) is -1.25. The Balaban J connectivity index is 1.95. The average Bonchev–Trinajstić information content (AvgIpc) is 3.05. The molecule has 118 valence electrons. The molecule has 0 saturated heterocycles. The standard InChI is InChI=1S/C17H19ClO4/c1-17(2)12(14(17)16(20)21-3)9-13(18)15(19)22-10-11-7-5-4-6-8-11/h4-9,12,14H,10H2,1-3H3/b13-9-/t12-,14+/m1/s1. The Bertz CT molecular complexity index is 592. The van der Waals surface area contributed by atoms with Gasteiger partial charge in [0.05, 0.1) is 13.0 Å². The number of halogens is 1. The summed E-state index contributed by atoms with van der Waals surface area (Å²) in [4.78, 5) is 23.5. The van der Waals surface area contributed by atoms with Crippen LogP contribution in [0.25, 0.3) is 0 Å². The molecule has 2 rings (SSSR count). The molecule has 2 atom stereocenters. The third kappa shape index (κ3) is 3.50. The number of allylic oxidation sites excluding steroid dienone is 1. The fourth-order valence-corrected chi connectivity index (χ4v) is 2.77. The summed E-state index contributed by atoms with van der Waals surface area (Å²) in [6.07, 6.45) is 1.59. The lowest BCUT2D eigenvalue weighted by molar-refractivity contribution is -0.143. The second-order valence-electron chi connectivity index (χ2n) is 5.92. The van der Waals surface area contributed by atoms with Crippen molar-refractivity contribution in [2.45, 2.75) is 20.5 Å². The zero-order valence-corrected chi connectivity index (χ0v) is 13.6. The molecule has 4 nitrogen and oxygen atoms in total. The lowest BCUT2D eigenvalue weighted by Gasteiger charge is -2.04. The Morgan fingerprint density at radius 3 is 2.50 bits per heavy atom. The molecule has 0 amide bonds. The predicted octanol–water partition coefficient (Wildman–Crippen LogP) is 3.30. The predicted molar refractivity (Wildman–Crippen MR) is 83.0 cm³/mol. The minimum absolute atomic E-state index is 0.000379. The van der Waals surface area contributed by atoms with Crippen LogP contribution in [-0.2, 0) is 25.7 Å². The quantitative estimate of drug-likeness (QED) is 0.616. The molecule has 0 radical (unpaired) electrons. The molecule has 1 aromatic rings. The molecule has 1 aliphatic carbocycles. The van der Waals surface area contributed by atoms with E-state index >= 15 is 0 Å². The molecule has 22 heavy (non-hydrogen) atoms. The van der Waals surface area contributed by atoms with Crippen LogP contribution in [0.2, 0.25) is 0 Å². The van der Waals surface area contributed by atoms with Gasteiger partial charge in [0.15, 0.2) is 0 Å². The lowest BCUT2D eigenvalue weighted by Crippen LogP contribution is -2.07. The number of hydrogen-bond donors (Lipinski definition) is 0. The highest BCUT2D eigenvalue weighted by molar-refractivity contribution is 6.41. The molecule has 0 heterocycles. The first kappa shape index (κ1) is 16.6. The van der Waals surface area contributed by atoms with Crippen LogP contribution in [0.5, 0.6) is 0 Å². The smallest absolute Gasteiger partial charge is 0.349 e. The van der Waals surface area contributed by atoms with E-state index in [1.807, 2.05) is 44.2 Å². The first-order valence-corrected chi connectivity index (χ1v) is 7.42. The van der Waals surface area contributed by atoms with Gasteiger partial charge in [-0.2, -0.15) is 0 Å². The van der Waals surface area contributed by atoms with Crippen LogP contribution in [-0.4, -0.2) is 19.0 Å². The maximum absolute atomic E-state index is 11.9. The monoisotopic (exact) mass is 322 g/mol. The minimum atomic E-state index is -0.586. The molecular weight excluding hydrogens is 304 g/mol. The average molecular weight is 323 g/mol. The van der Waals surface area contributed by atoms with Crippen LogP contribution < -0.4 is 0 Å². The fourth-order valence-electron chi connectivity index (χ4n) is 2.58. The number of hydrogen-bond acceptors (Lipinski definition) is 4. The van der Waals surface area contributed by atoms with Crippen LogP contribution >= 0.6 is 11.6 Å². The van der Waals surface area contributed by atoms with Crippen molar-refractivity contribution < 1.29 is 19.1 Å². The van der Waals surface area contributed by atoms with E-state index in [-0.39, 0.29) is 34.9 Å². The van der Waals surface area contributed by atoms with Crippen molar-refractivity contribution in [2.75, 3.05) is 7.11 Å². The van der Waals surface area contributed by atoms with Gasteiger partial charge in [-0.15, -0.1) is 0 Å². The van der Waals surface area contributed by atoms with Crippen LogP contribution in [0.15, 0.2) is 41.4 Å². The van der Waals surface area contributed by atoms with Crippen molar-refractivity contribution in [1.29, 1.82) is 0 Å². The first-order chi connectivity index (χ1) is 10.4. The normalized spacial score (nSPS) is 22.8. The number of benzene rings is 1. The van der Waals surface area contributed by atoms with Gasteiger partial charge in [0.2, 0.25) is 0 Å². The van der Waals surface area contributed by atoms with E-state index in [0.29, 0.717) is 0 Å². The number of carbonyl (C=O) groups is 2. The van der Waals surface area contributed by atoms with Crippen molar-refractivity contribution >= 4 is 23.5 Å². The van der Waals surface area contributed by atoms with Crippen LogP contribution in [0.4, 0.5) is 0 Å². The molecule has 0 N–H and O–H groups in total. The van der Waals surface area contributed by atoms with E-state index in [2.05, 4.69) is 0 Å².